The molecule has 0 aromatic carbocycles. The minimum atomic E-state index is -0.755. The third-order valence-electron chi connectivity index (χ3n) is 4.89. The van der Waals surface area contributed by atoms with E-state index in [-0.39, 0.29) is 17.2 Å². The van der Waals surface area contributed by atoms with Crippen LogP contribution < -0.4 is 0 Å². The third-order valence-corrected chi connectivity index (χ3v) is 4.89. The van der Waals surface area contributed by atoms with Crippen LogP contribution in [0.15, 0.2) is 0 Å². The van der Waals surface area contributed by atoms with Gasteiger partial charge in [0, 0.05) is 36.9 Å². The minimum absolute atomic E-state index is 0.0637. The molecule has 0 N–H and O–H groups in total. The number of rotatable bonds is 3. The highest BCUT2D eigenvalue weighted by Crippen LogP contribution is 2.43. The predicted octanol–water partition coefficient (Wildman–Crippen LogP) is 0.771. The van der Waals surface area contributed by atoms with Gasteiger partial charge in [0.15, 0.2) is 0 Å². The number of halogens is 1. The first-order valence-corrected chi connectivity index (χ1v) is 7.15. The molecule has 2 heterocycles. The molecule has 19 heavy (non-hydrogen) atoms. The van der Waals surface area contributed by atoms with Crippen molar-refractivity contribution in [3.8, 4) is 0 Å². The second-order valence-electron chi connectivity index (χ2n) is 6.80. The summed E-state index contributed by atoms with van der Waals surface area (Å²) in [6, 6.07) is 0. The first-order valence-electron chi connectivity index (χ1n) is 7.15. The molecule has 3 aliphatic rings. The van der Waals surface area contributed by atoms with Crippen molar-refractivity contribution < 1.29 is 13.9 Å². The highest BCUT2D eigenvalue weighted by Gasteiger charge is 2.53. The fraction of sp³-hybridized carbons (Fsp3) is 0.929. The number of amides is 1. The highest BCUT2D eigenvalue weighted by molar-refractivity contribution is 5.80. The molecule has 2 saturated heterocycles. The summed E-state index contributed by atoms with van der Waals surface area (Å²) >= 11 is 0. The van der Waals surface area contributed by atoms with Crippen molar-refractivity contribution in [2.75, 3.05) is 46.9 Å². The van der Waals surface area contributed by atoms with Crippen molar-refractivity contribution in [1.82, 2.24) is 9.80 Å². The average molecular weight is 270 g/mol. The summed E-state index contributed by atoms with van der Waals surface area (Å²) in [5.41, 5.74) is 0.0953. The number of nitrogens with zero attached hydrogens (tertiary/aromatic N) is 2. The van der Waals surface area contributed by atoms with Crippen LogP contribution in [0.2, 0.25) is 0 Å². The molecule has 0 unspecified atom stereocenters. The Labute approximate surface area is 113 Å². The van der Waals surface area contributed by atoms with Crippen molar-refractivity contribution in [3.63, 3.8) is 0 Å². The van der Waals surface area contributed by atoms with E-state index in [0.29, 0.717) is 18.8 Å². The van der Waals surface area contributed by atoms with E-state index in [1.807, 2.05) is 4.90 Å². The molecule has 2 aliphatic heterocycles. The van der Waals surface area contributed by atoms with E-state index >= 15 is 0 Å². The van der Waals surface area contributed by atoms with E-state index in [4.69, 9.17) is 4.74 Å². The van der Waals surface area contributed by atoms with Gasteiger partial charge in [0.2, 0.25) is 5.91 Å². The Morgan fingerprint density at radius 2 is 2.21 bits per heavy atom. The number of ether oxygens (including phenoxy) is 1. The molecule has 5 heteroatoms. The Morgan fingerprint density at radius 3 is 2.84 bits per heavy atom. The van der Waals surface area contributed by atoms with E-state index < -0.39 is 6.17 Å². The zero-order chi connectivity index (χ0) is 13.6. The molecule has 3 rings (SSSR count). The largest absolute Gasteiger partial charge is 0.380 e. The standard InChI is InChI=1S/C14H23FN2O2/c1-16(2)7-14-8-17(5-11(14)6-19-9-14)13(18)10-3-12(15)4-10/h10-12H,3-9H2,1-2H3/t10?,11-,12?,14+/m1/s1. The van der Waals surface area contributed by atoms with E-state index in [0.717, 1.165) is 32.8 Å². The van der Waals surface area contributed by atoms with Crippen LogP contribution in [0.5, 0.6) is 0 Å². The first-order chi connectivity index (χ1) is 9.00. The molecule has 3 fully saturated rings. The van der Waals surface area contributed by atoms with E-state index in [2.05, 4.69) is 19.0 Å². The van der Waals surface area contributed by atoms with Crippen LogP contribution in [-0.4, -0.2) is 68.8 Å². The molecule has 0 radical (unpaired) electrons. The molecule has 1 aliphatic carbocycles. The normalized spacial score (nSPS) is 41.5. The number of carbonyl (C=O) groups excluding carboxylic acids is 1. The summed E-state index contributed by atoms with van der Waals surface area (Å²) in [6.07, 6.45) is 0.101. The SMILES string of the molecule is CN(C)C[C@]12COC[C@H]1CN(C(=O)C1CC(F)C1)C2. The number of likely N-dealkylation sites (tertiary alicyclic amines) is 1. The fourth-order valence-corrected chi connectivity index (χ4v) is 3.86. The number of alkyl halides is 1. The quantitative estimate of drug-likeness (QED) is 0.759. The summed E-state index contributed by atoms with van der Waals surface area (Å²) in [6.45, 7) is 4.03. The lowest BCUT2D eigenvalue weighted by molar-refractivity contribution is -0.140. The van der Waals surface area contributed by atoms with Crippen LogP contribution in [0.4, 0.5) is 4.39 Å². The molecule has 0 aromatic rings. The molecule has 1 saturated carbocycles. The lowest BCUT2D eigenvalue weighted by Gasteiger charge is -2.34. The summed E-state index contributed by atoms with van der Waals surface area (Å²) in [5.74, 6) is 0.549. The number of carbonyl (C=O) groups is 1. The molecule has 0 aromatic heterocycles. The molecule has 0 spiro atoms. The maximum absolute atomic E-state index is 12.9. The van der Waals surface area contributed by atoms with E-state index in [9.17, 15) is 9.18 Å². The van der Waals surface area contributed by atoms with Gasteiger partial charge < -0.3 is 14.5 Å². The van der Waals surface area contributed by atoms with Crippen molar-refractivity contribution in [3.05, 3.63) is 0 Å². The summed E-state index contributed by atoms with van der Waals surface area (Å²) in [5, 5.41) is 0. The van der Waals surface area contributed by atoms with E-state index in [1.165, 1.54) is 0 Å². The molecule has 2 atom stereocenters. The third kappa shape index (κ3) is 2.27. The van der Waals surface area contributed by atoms with Gasteiger partial charge in [-0.15, -0.1) is 0 Å². The number of fused-ring (bicyclic) bond motifs is 1. The Balaban J connectivity index is 1.66. The average Bonchev–Trinajstić information content (AvgIpc) is 2.78. The second-order valence-corrected chi connectivity index (χ2v) is 6.80. The monoisotopic (exact) mass is 270 g/mol. The number of hydrogen-bond donors (Lipinski definition) is 0. The highest BCUT2D eigenvalue weighted by atomic mass is 19.1. The van der Waals surface area contributed by atoms with Gasteiger partial charge in [-0.2, -0.15) is 0 Å². The van der Waals surface area contributed by atoms with E-state index in [1.54, 1.807) is 0 Å². The second kappa shape index (κ2) is 4.70. The van der Waals surface area contributed by atoms with Crippen molar-refractivity contribution >= 4 is 5.91 Å². The minimum Gasteiger partial charge on any atom is -0.380 e. The number of hydrogen-bond acceptors (Lipinski definition) is 3. The van der Waals surface area contributed by atoms with Crippen molar-refractivity contribution in [1.29, 1.82) is 0 Å². The van der Waals surface area contributed by atoms with Crippen LogP contribution in [-0.2, 0) is 9.53 Å². The first kappa shape index (κ1) is 13.3. The van der Waals surface area contributed by atoms with Crippen molar-refractivity contribution in [2.24, 2.45) is 17.3 Å². The van der Waals surface area contributed by atoms with Gasteiger partial charge in [-0.1, -0.05) is 0 Å². The summed E-state index contributed by atoms with van der Waals surface area (Å²) in [7, 11) is 4.13. The maximum Gasteiger partial charge on any atom is 0.225 e. The summed E-state index contributed by atoms with van der Waals surface area (Å²) in [4.78, 5) is 16.5. The predicted molar refractivity (Wildman–Crippen MR) is 69.5 cm³/mol. The molecular formula is C14H23FN2O2. The maximum atomic E-state index is 12.9. The van der Waals surface area contributed by atoms with Gasteiger partial charge in [-0.25, -0.2) is 4.39 Å². The fourth-order valence-electron chi connectivity index (χ4n) is 3.86. The van der Waals surface area contributed by atoms with Gasteiger partial charge in [-0.05, 0) is 26.9 Å². The Bertz CT molecular complexity index is 370. The Morgan fingerprint density at radius 1 is 1.47 bits per heavy atom. The summed E-state index contributed by atoms with van der Waals surface area (Å²) < 4.78 is 18.5. The Hall–Kier alpha value is -0.680. The zero-order valence-electron chi connectivity index (χ0n) is 11.8. The zero-order valence-corrected chi connectivity index (χ0v) is 11.8. The molecule has 0 bridgehead atoms. The van der Waals surface area contributed by atoms with Crippen LogP contribution in [0.1, 0.15) is 12.8 Å². The van der Waals surface area contributed by atoms with Crippen LogP contribution in [0.3, 0.4) is 0 Å². The smallest absolute Gasteiger partial charge is 0.225 e. The molecule has 108 valence electrons. The van der Waals surface area contributed by atoms with Crippen molar-refractivity contribution in [2.45, 2.75) is 19.0 Å². The van der Waals surface area contributed by atoms with Crippen LogP contribution in [0, 0.1) is 17.3 Å². The Kier molecular flexibility index (Phi) is 3.29. The topological polar surface area (TPSA) is 32.8 Å². The van der Waals surface area contributed by atoms with Crippen LogP contribution in [0.25, 0.3) is 0 Å². The molecule has 1 amide bonds. The lowest BCUT2D eigenvalue weighted by atomic mass is 9.80. The molecular weight excluding hydrogens is 247 g/mol. The van der Waals surface area contributed by atoms with Gasteiger partial charge in [0.1, 0.15) is 6.17 Å². The van der Waals surface area contributed by atoms with Gasteiger partial charge in [-0.3, -0.25) is 4.79 Å². The lowest BCUT2D eigenvalue weighted by Crippen LogP contribution is -2.44. The van der Waals surface area contributed by atoms with Gasteiger partial charge >= 0.3 is 0 Å². The van der Waals surface area contributed by atoms with Gasteiger partial charge in [0.05, 0.1) is 13.2 Å². The van der Waals surface area contributed by atoms with Gasteiger partial charge in [0.25, 0.3) is 0 Å². The van der Waals surface area contributed by atoms with Crippen LogP contribution >= 0.6 is 0 Å². The molecule has 4 nitrogen and oxygen atoms in total.